The zero-order valence-corrected chi connectivity index (χ0v) is 27.3. The van der Waals surface area contributed by atoms with Gasteiger partial charge >= 0.3 is 13.7 Å². The molecule has 4 aromatic rings. The monoisotopic (exact) mass is 625 g/mol. The van der Waals surface area contributed by atoms with Crippen molar-refractivity contribution >= 4 is 41.5 Å². The third-order valence-electron chi connectivity index (χ3n) is 7.28. The van der Waals surface area contributed by atoms with Crippen LogP contribution in [0.3, 0.4) is 0 Å². The molecular formula is C32H44N5O6P. The number of nitrogens with two attached hydrogens (primary N) is 1. The van der Waals surface area contributed by atoms with Crippen LogP contribution in [0.4, 0.5) is 5.82 Å². The average Bonchev–Trinajstić information content (AvgIpc) is 3.37. The number of carbonyl (C=O) groups excluding carboxylic acids is 1. The van der Waals surface area contributed by atoms with E-state index in [9.17, 15) is 9.36 Å². The normalized spacial score (nSPS) is 15.2. The van der Waals surface area contributed by atoms with Crippen LogP contribution in [0.1, 0.15) is 66.6 Å². The third kappa shape index (κ3) is 7.77. The Morgan fingerprint density at radius 3 is 2.43 bits per heavy atom. The fraction of sp³-hybridized carbons (Fsp3) is 0.469. The van der Waals surface area contributed by atoms with Crippen molar-refractivity contribution in [2.75, 3.05) is 18.9 Å². The van der Waals surface area contributed by atoms with E-state index in [0.29, 0.717) is 30.1 Å². The quantitative estimate of drug-likeness (QED) is 0.102. The minimum Gasteiger partial charge on any atom is -0.462 e. The molecule has 2 aromatic carbocycles. The van der Waals surface area contributed by atoms with E-state index in [1.807, 2.05) is 37.3 Å². The Bertz CT molecular complexity index is 1610. The molecule has 0 radical (unpaired) electrons. The van der Waals surface area contributed by atoms with Crippen molar-refractivity contribution in [3.8, 4) is 5.75 Å². The van der Waals surface area contributed by atoms with Gasteiger partial charge in [-0.15, -0.1) is 0 Å². The molecule has 0 bridgehead atoms. The zero-order valence-electron chi connectivity index (χ0n) is 26.4. The molecule has 0 aliphatic carbocycles. The summed E-state index contributed by atoms with van der Waals surface area (Å²) in [5.74, 6) is 0.852. The van der Waals surface area contributed by atoms with Crippen LogP contribution in [0, 0.1) is 0 Å². The molecule has 0 spiro atoms. The predicted octanol–water partition coefficient (Wildman–Crippen LogP) is 6.74. The van der Waals surface area contributed by atoms with Crippen LogP contribution in [-0.4, -0.2) is 45.9 Å². The van der Waals surface area contributed by atoms with Gasteiger partial charge in [0.05, 0.1) is 23.7 Å². The molecule has 0 aliphatic rings. The van der Waals surface area contributed by atoms with Gasteiger partial charge in [0.1, 0.15) is 29.7 Å². The second-order valence-corrected chi connectivity index (χ2v) is 13.0. The highest BCUT2D eigenvalue weighted by Gasteiger charge is 2.36. The van der Waals surface area contributed by atoms with E-state index in [4.69, 9.17) is 29.2 Å². The first kappa shape index (κ1) is 33.4. The molecular weight excluding hydrogens is 581 g/mol. The number of anilines is 1. The van der Waals surface area contributed by atoms with Gasteiger partial charge in [-0.1, -0.05) is 49.7 Å². The van der Waals surface area contributed by atoms with Crippen LogP contribution in [0.5, 0.6) is 5.75 Å². The number of hydrogen-bond donors (Lipinski definition) is 2. The maximum absolute atomic E-state index is 14.1. The summed E-state index contributed by atoms with van der Waals surface area (Å²) in [6.07, 6.45) is 1.73. The maximum atomic E-state index is 14.1. The lowest BCUT2D eigenvalue weighted by atomic mass is 9.91. The molecule has 238 valence electrons. The van der Waals surface area contributed by atoms with Crippen molar-refractivity contribution in [3.05, 3.63) is 60.4 Å². The number of nitrogens with zero attached hydrogens (tertiary/aromatic N) is 3. The van der Waals surface area contributed by atoms with Gasteiger partial charge in [-0.2, -0.15) is 5.09 Å². The standard InChI is InChI=1S/C32H44N5O6P/c1-7-18-32(6,37-27(21-40-8-2)35-28-29(37)25-16-12-13-17-26(25)34-30(28)33)19-20-41-44(39,43-24-14-10-9-11-15-24)36-23(5)31(38)42-22(3)4/h9-17,22-23H,7-8,18-21H2,1-6H3,(H2,33,34)(H,36,39)/t23-,32+,44?/m0/s1. The van der Waals surface area contributed by atoms with Gasteiger partial charge in [-0.3, -0.25) is 9.32 Å². The molecule has 4 rings (SSSR count). The number of carbonyl (C=O) groups is 1. The number of benzene rings is 2. The number of aromatic nitrogens is 3. The van der Waals surface area contributed by atoms with Crippen LogP contribution in [0.25, 0.3) is 21.9 Å². The SMILES string of the molecule is CCC[C@](C)(CCOP(=O)(N[C@@H](C)C(=O)OC(C)C)Oc1ccccc1)n1c(COCC)nc2c(N)nc3ccccc3c21. The highest BCUT2D eigenvalue weighted by Crippen LogP contribution is 2.46. The number of rotatable bonds is 16. The second kappa shape index (κ2) is 14.5. The number of ether oxygens (including phenoxy) is 2. The molecule has 12 heteroatoms. The summed E-state index contributed by atoms with van der Waals surface area (Å²) in [6.45, 7) is 12.1. The van der Waals surface area contributed by atoms with Gasteiger partial charge in [0, 0.05) is 17.5 Å². The number of hydrogen-bond acceptors (Lipinski definition) is 9. The highest BCUT2D eigenvalue weighted by atomic mass is 31.2. The van der Waals surface area contributed by atoms with E-state index in [1.165, 1.54) is 0 Å². The van der Waals surface area contributed by atoms with Crippen molar-refractivity contribution in [2.45, 2.75) is 85.1 Å². The molecule has 11 nitrogen and oxygen atoms in total. The molecule has 2 heterocycles. The van der Waals surface area contributed by atoms with E-state index >= 15 is 0 Å². The zero-order chi connectivity index (χ0) is 31.9. The molecule has 0 fully saturated rings. The Morgan fingerprint density at radius 2 is 1.75 bits per heavy atom. The summed E-state index contributed by atoms with van der Waals surface area (Å²) in [7, 11) is -4.03. The predicted molar refractivity (Wildman–Crippen MR) is 172 cm³/mol. The average molecular weight is 626 g/mol. The molecule has 3 atom stereocenters. The summed E-state index contributed by atoms with van der Waals surface area (Å²) in [5.41, 5.74) is 8.12. The molecule has 1 unspecified atom stereocenters. The molecule has 0 aliphatic heterocycles. The van der Waals surface area contributed by atoms with E-state index in [1.54, 1.807) is 45.0 Å². The number of fused-ring (bicyclic) bond motifs is 3. The minimum absolute atomic E-state index is 0.0474. The molecule has 2 aromatic heterocycles. The van der Waals surface area contributed by atoms with Gasteiger partial charge in [0.2, 0.25) is 0 Å². The summed E-state index contributed by atoms with van der Waals surface area (Å²) < 4.78 is 39.4. The Hall–Kier alpha value is -3.50. The Balaban J connectivity index is 1.70. The topological polar surface area (TPSA) is 140 Å². The van der Waals surface area contributed by atoms with Crippen LogP contribution < -0.4 is 15.3 Å². The minimum atomic E-state index is -4.03. The van der Waals surface area contributed by atoms with Crippen LogP contribution in [0.15, 0.2) is 54.6 Å². The van der Waals surface area contributed by atoms with Gasteiger partial charge < -0.3 is 24.3 Å². The highest BCUT2D eigenvalue weighted by molar-refractivity contribution is 7.52. The molecule has 3 N–H and O–H groups in total. The van der Waals surface area contributed by atoms with Crippen LogP contribution in [-0.2, 0) is 35.5 Å². The first-order valence-corrected chi connectivity index (χ1v) is 16.7. The van der Waals surface area contributed by atoms with E-state index in [-0.39, 0.29) is 19.3 Å². The fourth-order valence-corrected chi connectivity index (χ4v) is 6.82. The van der Waals surface area contributed by atoms with Crippen molar-refractivity contribution in [1.29, 1.82) is 0 Å². The number of nitrogens with one attached hydrogen (secondary N) is 1. The summed E-state index contributed by atoms with van der Waals surface area (Å²) in [4.78, 5) is 22.1. The third-order valence-corrected chi connectivity index (χ3v) is 8.96. The van der Waals surface area contributed by atoms with Crippen molar-refractivity contribution in [3.63, 3.8) is 0 Å². The number of imidazole rings is 1. The lowest BCUT2D eigenvalue weighted by Gasteiger charge is -2.34. The number of pyridine rings is 1. The van der Waals surface area contributed by atoms with Crippen molar-refractivity contribution in [2.24, 2.45) is 0 Å². The number of para-hydroxylation sites is 2. The van der Waals surface area contributed by atoms with Crippen LogP contribution in [0.2, 0.25) is 0 Å². The molecule has 0 saturated heterocycles. The second-order valence-electron chi connectivity index (χ2n) is 11.3. The van der Waals surface area contributed by atoms with E-state index in [2.05, 4.69) is 28.5 Å². The number of nitrogen functional groups attached to an aromatic ring is 1. The van der Waals surface area contributed by atoms with Gasteiger partial charge in [-0.25, -0.2) is 14.5 Å². The lowest BCUT2D eigenvalue weighted by molar-refractivity contribution is -0.149. The summed E-state index contributed by atoms with van der Waals surface area (Å²) in [5, 5.41) is 3.70. The first-order chi connectivity index (χ1) is 21.0. The molecule has 0 amide bonds. The van der Waals surface area contributed by atoms with Crippen molar-refractivity contribution < 1.29 is 27.9 Å². The largest absolute Gasteiger partial charge is 0.462 e. The van der Waals surface area contributed by atoms with Gasteiger partial charge in [0.15, 0.2) is 5.82 Å². The van der Waals surface area contributed by atoms with E-state index < -0.39 is 25.3 Å². The fourth-order valence-electron chi connectivity index (χ4n) is 5.33. The summed E-state index contributed by atoms with van der Waals surface area (Å²) >= 11 is 0. The smallest absolute Gasteiger partial charge is 0.459 e. The molecule has 44 heavy (non-hydrogen) atoms. The Kier molecular flexibility index (Phi) is 11.0. The maximum Gasteiger partial charge on any atom is 0.459 e. The van der Waals surface area contributed by atoms with Crippen LogP contribution >= 0.6 is 7.75 Å². The Labute approximate surface area is 259 Å². The molecule has 0 saturated carbocycles. The summed E-state index contributed by atoms with van der Waals surface area (Å²) in [6, 6.07) is 15.6. The number of esters is 1. The Morgan fingerprint density at radius 1 is 1.05 bits per heavy atom. The first-order valence-electron chi connectivity index (χ1n) is 15.1. The van der Waals surface area contributed by atoms with Crippen molar-refractivity contribution in [1.82, 2.24) is 19.6 Å². The van der Waals surface area contributed by atoms with Gasteiger partial charge in [-0.05, 0) is 65.7 Å². The van der Waals surface area contributed by atoms with E-state index in [0.717, 1.165) is 35.1 Å². The lowest BCUT2D eigenvalue weighted by Crippen LogP contribution is -2.37. The van der Waals surface area contributed by atoms with Gasteiger partial charge in [0.25, 0.3) is 0 Å².